The molecule has 9 rings (SSSR count). The highest BCUT2D eigenvalue weighted by atomic mass is 32.2. The first-order chi connectivity index (χ1) is 25.9. The Kier molecular flexibility index (Phi) is 7.73. The maximum atomic E-state index is 9.66. The molecule has 7 heteroatoms. The van der Waals surface area contributed by atoms with Crippen LogP contribution in [0.15, 0.2) is 168 Å². The Labute approximate surface area is 313 Å². The Bertz CT molecular complexity index is 2460. The first-order valence-corrected chi connectivity index (χ1v) is 18.2. The van der Waals surface area contributed by atoms with E-state index in [9.17, 15) is 10.5 Å². The van der Waals surface area contributed by atoms with E-state index in [4.69, 9.17) is 4.98 Å². The molecule has 0 unspecified atom stereocenters. The Morgan fingerprint density at radius 1 is 0.509 bits per heavy atom. The fourth-order valence-corrected chi connectivity index (χ4v) is 8.59. The Morgan fingerprint density at radius 2 is 0.906 bits per heavy atom. The summed E-state index contributed by atoms with van der Waals surface area (Å²) in [5, 5.41) is 19.3. The number of anilines is 9. The van der Waals surface area contributed by atoms with Crippen molar-refractivity contribution in [3.05, 3.63) is 180 Å². The lowest BCUT2D eigenvalue weighted by atomic mass is 9.73. The lowest BCUT2D eigenvalue weighted by Crippen LogP contribution is -2.31. The normalized spacial score (nSPS) is 13.4. The van der Waals surface area contributed by atoms with Crippen molar-refractivity contribution in [3.63, 3.8) is 0 Å². The molecule has 6 nitrogen and oxygen atoms in total. The second-order valence-electron chi connectivity index (χ2n) is 13.6. The van der Waals surface area contributed by atoms with Crippen LogP contribution in [0.4, 0.5) is 51.4 Å². The quantitative estimate of drug-likeness (QED) is 0.177. The predicted molar refractivity (Wildman–Crippen MR) is 214 cm³/mol. The second-order valence-corrected chi connectivity index (χ2v) is 14.6. The molecule has 2 aliphatic rings. The third-order valence-electron chi connectivity index (χ3n) is 10.1. The van der Waals surface area contributed by atoms with Gasteiger partial charge in [-0.1, -0.05) is 86.3 Å². The van der Waals surface area contributed by atoms with E-state index in [1.165, 1.54) is 11.1 Å². The highest BCUT2D eigenvalue weighted by molar-refractivity contribution is 7.99. The molecule has 6 aromatic carbocycles. The minimum atomic E-state index is -0.233. The van der Waals surface area contributed by atoms with Crippen LogP contribution in [-0.2, 0) is 5.41 Å². The van der Waals surface area contributed by atoms with Gasteiger partial charge in [0.25, 0.3) is 0 Å². The minimum Gasteiger partial charge on any atom is -0.310 e. The molecule has 53 heavy (non-hydrogen) atoms. The fraction of sp³-hybridized carbons (Fsp3) is 0.0652. The number of nitriles is 2. The van der Waals surface area contributed by atoms with Crippen molar-refractivity contribution >= 4 is 63.2 Å². The molecule has 0 spiro atoms. The van der Waals surface area contributed by atoms with E-state index >= 15 is 0 Å². The number of hydrogen-bond donors (Lipinski definition) is 0. The topological polar surface area (TPSA) is 70.2 Å². The number of benzene rings is 6. The van der Waals surface area contributed by atoms with Crippen LogP contribution in [0.1, 0.15) is 36.1 Å². The molecule has 0 bridgehead atoms. The SMILES string of the molecule is CC1(C)c2ccccc2N(c2cc(N(c3ccc(C#N)cc3)c3ccc(C#N)cc3)cc(N3c4ccccc4Sc4ccccc43)n2)c2ccccc21. The first kappa shape index (κ1) is 32.1. The second kappa shape index (κ2) is 12.8. The molecule has 1 aromatic heterocycles. The number of rotatable bonds is 5. The number of fused-ring (bicyclic) bond motifs is 4. The summed E-state index contributed by atoms with van der Waals surface area (Å²) in [4.78, 5) is 14.6. The van der Waals surface area contributed by atoms with Gasteiger partial charge in [-0.2, -0.15) is 10.5 Å². The van der Waals surface area contributed by atoms with Crippen LogP contribution in [0.3, 0.4) is 0 Å². The molecular formula is C46H32N6S. The van der Waals surface area contributed by atoms with Crippen molar-refractivity contribution in [2.45, 2.75) is 29.1 Å². The van der Waals surface area contributed by atoms with Crippen LogP contribution >= 0.6 is 11.8 Å². The Hall–Kier alpha value is -6.80. The molecule has 0 N–H and O–H groups in total. The Morgan fingerprint density at radius 3 is 1.36 bits per heavy atom. The molecule has 0 aliphatic carbocycles. The molecule has 0 amide bonds. The van der Waals surface area contributed by atoms with Gasteiger partial charge in [0.15, 0.2) is 0 Å². The van der Waals surface area contributed by atoms with E-state index in [1.54, 1.807) is 11.8 Å². The highest BCUT2D eigenvalue weighted by Gasteiger charge is 2.38. The summed E-state index contributed by atoms with van der Waals surface area (Å²) in [5.74, 6) is 1.51. The molecule has 252 valence electrons. The van der Waals surface area contributed by atoms with Gasteiger partial charge in [-0.25, -0.2) is 4.98 Å². The van der Waals surface area contributed by atoms with Crippen LogP contribution in [0.2, 0.25) is 0 Å². The zero-order valence-corrected chi connectivity index (χ0v) is 29.9. The van der Waals surface area contributed by atoms with E-state index < -0.39 is 0 Å². The van der Waals surface area contributed by atoms with Gasteiger partial charge in [-0.05, 0) is 96.1 Å². The van der Waals surface area contributed by atoms with E-state index in [0.29, 0.717) is 11.1 Å². The molecule has 0 atom stereocenters. The summed E-state index contributed by atoms with van der Waals surface area (Å²) in [6.45, 7) is 4.57. The molecule has 7 aromatic rings. The van der Waals surface area contributed by atoms with Crippen LogP contribution in [0.5, 0.6) is 0 Å². The van der Waals surface area contributed by atoms with Crippen LogP contribution in [0, 0.1) is 22.7 Å². The average molecular weight is 701 g/mol. The highest BCUT2D eigenvalue weighted by Crippen LogP contribution is 2.55. The molecular weight excluding hydrogens is 669 g/mol. The maximum absolute atomic E-state index is 9.66. The molecule has 0 radical (unpaired) electrons. The smallest absolute Gasteiger partial charge is 0.142 e. The van der Waals surface area contributed by atoms with E-state index in [2.05, 4.69) is 150 Å². The van der Waals surface area contributed by atoms with Gasteiger partial charge < -0.3 is 4.90 Å². The lowest BCUT2D eigenvalue weighted by Gasteiger charge is -2.42. The average Bonchev–Trinajstić information content (AvgIpc) is 3.20. The first-order valence-electron chi connectivity index (χ1n) is 17.4. The van der Waals surface area contributed by atoms with E-state index in [-0.39, 0.29) is 5.41 Å². The molecule has 3 heterocycles. The summed E-state index contributed by atoms with van der Waals surface area (Å²) in [6, 6.07) is 58.1. The third kappa shape index (κ3) is 5.38. The monoisotopic (exact) mass is 700 g/mol. The molecule has 0 saturated carbocycles. The summed E-state index contributed by atoms with van der Waals surface area (Å²) in [6.07, 6.45) is 0. The van der Waals surface area contributed by atoms with E-state index in [1.807, 2.05) is 48.5 Å². The summed E-state index contributed by atoms with van der Waals surface area (Å²) in [5.41, 5.74) is 10.2. The van der Waals surface area contributed by atoms with Gasteiger partial charge in [0.1, 0.15) is 11.6 Å². The van der Waals surface area contributed by atoms with Gasteiger partial charge >= 0.3 is 0 Å². The van der Waals surface area contributed by atoms with Gasteiger partial charge in [-0.3, -0.25) is 9.80 Å². The molecule has 0 saturated heterocycles. The standard InChI is InChI=1S/C46H32N6S/c1-46(2)36-11-3-5-13-38(36)51(39-14-6-4-12-37(39)46)44-27-35(50(33-23-19-31(29-47)20-24-33)34-25-21-32(30-48)22-26-34)28-45(49-44)52-40-15-7-9-17-42(40)53-43-18-10-8-16-41(43)52/h3-28H,1-2H3. The largest absolute Gasteiger partial charge is 0.310 e. The molecule has 0 fully saturated rings. The number of pyridine rings is 1. The fourth-order valence-electron chi connectivity index (χ4n) is 7.53. The van der Waals surface area contributed by atoms with Crippen molar-refractivity contribution in [3.8, 4) is 12.1 Å². The zero-order chi connectivity index (χ0) is 36.1. The summed E-state index contributed by atoms with van der Waals surface area (Å²) >= 11 is 1.76. The summed E-state index contributed by atoms with van der Waals surface area (Å²) < 4.78 is 0. The van der Waals surface area contributed by atoms with Crippen LogP contribution < -0.4 is 14.7 Å². The van der Waals surface area contributed by atoms with Crippen molar-refractivity contribution in [1.29, 1.82) is 10.5 Å². The zero-order valence-electron chi connectivity index (χ0n) is 29.1. The number of para-hydroxylation sites is 4. The maximum Gasteiger partial charge on any atom is 0.142 e. The predicted octanol–water partition coefficient (Wildman–Crippen LogP) is 12.3. The van der Waals surface area contributed by atoms with Gasteiger partial charge in [0, 0.05) is 38.7 Å². The number of nitrogens with zero attached hydrogens (tertiary/aromatic N) is 6. The summed E-state index contributed by atoms with van der Waals surface area (Å²) in [7, 11) is 0. The third-order valence-corrected chi connectivity index (χ3v) is 11.2. The lowest BCUT2D eigenvalue weighted by molar-refractivity contribution is 0.631. The van der Waals surface area contributed by atoms with Crippen molar-refractivity contribution in [1.82, 2.24) is 4.98 Å². The van der Waals surface area contributed by atoms with Crippen LogP contribution in [0.25, 0.3) is 0 Å². The van der Waals surface area contributed by atoms with Crippen molar-refractivity contribution in [2.75, 3.05) is 14.7 Å². The number of hydrogen-bond acceptors (Lipinski definition) is 7. The van der Waals surface area contributed by atoms with Gasteiger partial charge in [0.05, 0.1) is 51.7 Å². The minimum absolute atomic E-state index is 0.233. The van der Waals surface area contributed by atoms with E-state index in [0.717, 1.165) is 61.2 Å². The van der Waals surface area contributed by atoms with Crippen molar-refractivity contribution in [2.24, 2.45) is 0 Å². The Balaban J connectivity index is 1.35. The number of aromatic nitrogens is 1. The van der Waals surface area contributed by atoms with Gasteiger partial charge in [-0.15, -0.1) is 0 Å². The van der Waals surface area contributed by atoms with Crippen molar-refractivity contribution < 1.29 is 0 Å². The van der Waals surface area contributed by atoms with Crippen LogP contribution in [-0.4, -0.2) is 4.98 Å². The van der Waals surface area contributed by atoms with Gasteiger partial charge in [0.2, 0.25) is 0 Å². The molecule has 2 aliphatic heterocycles.